The molecular formula is C58H111NO8. The molecule has 9 nitrogen and oxygen atoms in total. The second-order valence-electron chi connectivity index (χ2n) is 20.9. The van der Waals surface area contributed by atoms with Gasteiger partial charge in [-0.05, 0) is 38.5 Å². The number of allylic oxidation sites excluding steroid dienone is 2. The monoisotopic (exact) mass is 950 g/mol. The van der Waals surface area contributed by atoms with Gasteiger partial charge in [0.15, 0.2) is 12.4 Å². The summed E-state index contributed by atoms with van der Waals surface area (Å²) in [6, 6.07) is 0. The molecule has 2 atom stereocenters. The van der Waals surface area contributed by atoms with E-state index in [4.69, 9.17) is 18.9 Å². The van der Waals surface area contributed by atoms with Crippen LogP contribution in [0.4, 0.5) is 0 Å². The van der Waals surface area contributed by atoms with Crippen LogP contribution in [0.15, 0.2) is 12.2 Å². The van der Waals surface area contributed by atoms with E-state index in [1.807, 2.05) is 21.1 Å². The Labute approximate surface area is 415 Å². The van der Waals surface area contributed by atoms with Crippen LogP contribution in [0.25, 0.3) is 0 Å². The van der Waals surface area contributed by atoms with E-state index in [1.54, 1.807) is 0 Å². The number of quaternary nitrogens is 1. The number of aliphatic carboxylic acids is 1. The van der Waals surface area contributed by atoms with Gasteiger partial charge in [0.1, 0.15) is 13.2 Å². The van der Waals surface area contributed by atoms with Crippen molar-refractivity contribution in [3.63, 3.8) is 0 Å². The Kier molecular flexibility index (Phi) is 48.9. The van der Waals surface area contributed by atoms with Crippen molar-refractivity contribution in [2.45, 2.75) is 296 Å². The van der Waals surface area contributed by atoms with Gasteiger partial charge in [-0.3, -0.25) is 9.59 Å². The molecule has 0 aromatic rings. The number of carbonyl (C=O) groups is 3. The number of esters is 2. The number of unbranched alkanes of at least 4 members (excludes halogenated alkanes) is 37. The molecule has 0 heterocycles. The number of nitrogens with zero attached hydrogens (tertiary/aromatic N) is 1. The Morgan fingerprint density at radius 1 is 0.433 bits per heavy atom. The Hall–Kier alpha value is -1.97. The number of hydrogen-bond donors (Lipinski definition) is 0. The fourth-order valence-corrected chi connectivity index (χ4v) is 8.53. The van der Waals surface area contributed by atoms with E-state index in [0.717, 1.165) is 51.4 Å². The topological polar surface area (TPSA) is 111 Å². The summed E-state index contributed by atoms with van der Waals surface area (Å²) < 4.78 is 22.7. The predicted molar refractivity (Wildman–Crippen MR) is 279 cm³/mol. The van der Waals surface area contributed by atoms with Gasteiger partial charge in [0.25, 0.3) is 0 Å². The summed E-state index contributed by atoms with van der Waals surface area (Å²) in [6.07, 6.45) is 54.1. The molecule has 9 heteroatoms. The summed E-state index contributed by atoms with van der Waals surface area (Å²) in [5, 5.41) is 11.7. The van der Waals surface area contributed by atoms with Gasteiger partial charge in [-0.2, -0.15) is 0 Å². The van der Waals surface area contributed by atoms with E-state index >= 15 is 0 Å². The molecule has 0 amide bonds. The van der Waals surface area contributed by atoms with Crippen LogP contribution in [-0.2, 0) is 33.3 Å². The van der Waals surface area contributed by atoms with Gasteiger partial charge in [0.05, 0.1) is 40.3 Å². The Balaban J connectivity index is 4.13. The first-order valence-corrected chi connectivity index (χ1v) is 28.8. The standard InChI is InChI=1S/C58H111NO8/c1-6-8-10-12-14-16-18-20-22-23-24-25-26-27-28-29-30-31-32-33-35-36-38-40-42-44-46-48-55(60)65-52-54(53-66-58(57(62)63)64-51-50-59(3,4)5)67-56(61)49-47-45-43-41-39-37-34-21-19-17-15-13-11-9-7-2/h21,34,54,58H,6-20,22-33,35-53H2,1-5H3/b34-21-. The Morgan fingerprint density at radius 3 is 1.10 bits per heavy atom. The smallest absolute Gasteiger partial charge is 0.306 e. The molecule has 0 saturated heterocycles. The fraction of sp³-hybridized carbons (Fsp3) is 0.914. The molecule has 0 aromatic heterocycles. The molecule has 396 valence electrons. The molecule has 0 saturated carbocycles. The molecule has 0 N–H and O–H groups in total. The van der Waals surface area contributed by atoms with Crippen LogP contribution >= 0.6 is 0 Å². The highest BCUT2D eigenvalue weighted by Crippen LogP contribution is 2.17. The lowest BCUT2D eigenvalue weighted by Crippen LogP contribution is -2.44. The number of likely N-dealkylation sites (N-methyl/N-ethyl adjacent to an activating group) is 1. The van der Waals surface area contributed by atoms with Crippen LogP contribution < -0.4 is 5.11 Å². The van der Waals surface area contributed by atoms with Crippen molar-refractivity contribution in [1.29, 1.82) is 0 Å². The quantitative estimate of drug-likeness (QED) is 0.0195. The summed E-state index contributed by atoms with van der Waals surface area (Å²) in [5.74, 6) is -2.27. The Bertz CT molecular complexity index is 1110. The van der Waals surface area contributed by atoms with E-state index in [9.17, 15) is 19.5 Å². The van der Waals surface area contributed by atoms with Crippen LogP contribution in [0.1, 0.15) is 284 Å². The van der Waals surface area contributed by atoms with Crippen molar-refractivity contribution in [2.24, 2.45) is 0 Å². The maximum absolute atomic E-state index is 12.8. The van der Waals surface area contributed by atoms with Gasteiger partial charge in [-0.1, -0.05) is 244 Å². The van der Waals surface area contributed by atoms with E-state index in [1.165, 1.54) is 199 Å². The Morgan fingerprint density at radius 2 is 0.761 bits per heavy atom. The highest BCUT2D eigenvalue weighted by Gasteiger charge is 2.22. The van der Waals surface area contributed by atoms with Crippen molar-refractivity contribution in [3.05, 3.63) is 12.2 Å². The van der Waals surface area contributed by atoms with Crippen molar-refractivity contribution in [2.75, 3.05) is 47.5 Å². The van der Waals surface area contributed by atoms with Crippen LogP contribution in [0.5, 0.6) is 0 Å². The van der Waals surface area contributed by atoms with Crippen LogP contribution in [-0.4, -0.2) is 82.3 Å². The summed E-state index contributed by atoms with van der Waals surface area (Å²) in [5.41, 5.74) is 0. The van der Waals surface area contributed by atoms with Gasteiger partial charge >= 0.3 is 11.9 Å². The molecule has 0 aliphatic heterocycles. The SMILES string of the molecule is CCCCCCCC/C=C\CCCCCCCC(=O)OC(COC(=O)CCCCCCCCCCCCCCCCCCCCCCCCCCCCC)COC(OCC[N+](C)(C)C)C(=O)[O-]. The van der Waals surface area contributed by atoms with E-state index in [2.05, 4.69) is 26.0 Å². The number of carboxylic acid groups (broad SMARTS) is 1. The second kappa shape index (κ2) is 50.4. The molecule has 0 rings (SSSR count). The number of rotatable bonds is 54. The molecule has 0 spiro atoms. The summed E-state index contributed by atoms with van der Waals surface area (Å²) in [6.45, 7) is 4.78. The first-order valence-electron chi connectivity index (χ1n) is 28.8. The van der Waals surface area contributed by atoms with Gasteiger partial charge in [-0.25, -0.2) is 0 Å². The van der Waals surface area contributed by atoms with Crippen molar-refractivity contribution >= 4 is 17.9 Å². The van der Waals surface area contributed by atoms with E-state index < -0.39 is 24.3 Å². The van der Waals surface area contributed by atoms with Crippen LogP contribution in [0.3, 0.4) is 0 Å². The third-order valence-corrected chi connectivity index (χ3v) is 13.0. The lowest BCUT2D eigenvalue weighted by Gasteiger charge is -2.26. The molecule has 0 fully saturated rings. The van der Waals surface area contributed by atoms with Crippen LogP contribution in [0, 0.1) is 0 Å². The zero-order chi connectivity index (χ0) is 49.2. The largest absolute Gasteiger partial charge is 0.545 e. The zero-order valence-corrected chi connectivity index (χ0v) is 45.0. The minimum Gasteiger partial charge on any atom is -0.545 e. The molecular weight excluding hydrogens is 839 g/mol. The lowest BCUT2D eigenvalue weighted by atomic mass is 10.0. The zero-order valence-electron chi connectivity index (χ0n) is 45.0. The average molecular weight is 951 g/mol. The molecule has 67 heavy (non-hydrogen) atoms. The van der Waals surface area contributed by atoms with Gasteiger partial charge in [0, 0.05) is 12.8 Å². The first-order chi connectivity index (χ1) is 32.6. The summed E-state index contributed by atoms with van der Waals surface area (Å²) >= 11 is 0. The number of ether oxygens (including phenoxy) is 4. The lowest BCUT2D eigenvalue weighted by molar-refractivity contribution is -0.870. The third-order valence-electron chi connectivity index (χ3n) is 13.0. The minimum absolute atomic E-state index is 0.150. The van der Waals surface area contributed by atoms with E-state index in [0.29, 0.717) is 23.9 Å². The van der Waals surface area contributed by atoms with E-state index in [-0.39, 0.29) is 32.2 Å². The maximum atomic E-state index is 12.8. The van der Waals surface area contributed by atoms with Crippen molar-refractivity contribution in [3.8, 4) is 0 Å². The number of hydrogen-bond acceptors (Lipinski definition) is 8. The third kappa shape index (κ3) is 51.7. The molecule has 0 aliphatic carbocycles. The van der Waals surface area contributed by atoms with Crippen LogP contribution in [0.2, 0.25) is 0 Å². The average Bonchev–Trinajstić information content (AvgIpc) is 3.29. The van der Waals surface area contributed by atoms with Gasteiger partial charge in [0.2, 0.25) is 0 Å². The normalized spacial score (nSPS) is 12.8. The molecule has 0 aromatic carbocycles. The number of carboxylic acids is 1. The molecule has 2 unspecified atom stereocenters. The van der Waals surface area contributed by atoms with Gasteiger partial charge < -0.3 is 33.3 Å². The second-order valence-corrected chi connectivity index (χ2v) is 20.9. The summed E-state index contributed by atoms with van der Waals surface area (Å²) in [4.78, 5) is 37.2. The minimum atomic E-state index is -1.62. The van der Waals surface area contributed by atoms with Crippen molar-refractivity contribution < 1.29 is 42.9 Å². The fourth-order valence-electron chi connectivity index (χ4n) is 8.53. The molecule has 0 bridgehead atoms. The summed E-state index contributed by atoms with van der Waals surface area (Å²) in [7, 11) is 5.92. The maximum Gasteiger partial charge on any atom is 0.306 e. The van der Waals surface area contributed by atoms with Gasteiger partial charge in [-0.15, -0.1) is 0 Å². The highest BCUT2D eigenvalue weighted by molar-refractivity contribution is 5.70. The number of carbonyl (C=O) groups excluding carboxylic acids is 3. The first kappa shape index (κ1) is 65.0. The van der Waals surface area contributed by atoms with Crippen molar-refractivity contribution in [1.82, 2.24) is 0 Å². The highest BCUT2D eigenvalue weighted by atomic mass is 16.7. The molecule has 0 aliphatic rings. The predicted octanol–water partition coefficient (Wildman–Crippen LogP) is 15.2. The molecule has 0 radical (unpaired) electrons.